The molecule has 1 aromatic carbocycles. The topological polar surface area (TPSA) is 75.0 Å². The summed E-state index contributed by atoms with van der Waals surface area (Å²) in [7, 11) is 0. The van der Waals surface area contributed by atoms with Gasteiger partial charge < -0.3 is 14.3 Å². The van der Waals surface area contributed by atoms with Gasteiger partial charge in [-0.15, -0.1) is 0 Å². The first kappa shape index (κ1) is 14.6. The number of nitrogens with zero attached hydrogens (tertiary/aromatic N) is 3. The Hall–Kier alpha value is -2.70. The van der Waals surface area contributed by atoms with Gasteiger partial charge in [-0.2, -0.15) is 0 Å². The maximum Gasteiger partial charge on any atom is 0.224 e. The first-order chi connectivity index (χ1) is 12.2. The second-order valence-corrected chi connectivity index (χ2v) is 6.82. The average Bonchev–Trinajstić information content (AvgIpc) is 3.12. The number of hydrogen-bond acceptors (Lipinski definition) is 4. The lowest BCUT2D eigenvalue weighted by Gasteiger charge is -2.33. The minimum absolute atomic E-state index is 0.106. The van der Waals surface area contributed by atoms with Gasteiger partial charge in [-0.05, 0) is 30.9 Å². The van der Waals surface area contributed by atoms with Crippen molar-refractivity contribution in [2.45, 2.75) is 31.7 Å². The molecule has 128 valence electrons. The van der Waals surface area contributed by atoms with Crippen LogP contribution in [-0.4, -0.2) is 32.3 Å². The van der Waals surface area contributed by atoms with Gasteiger partial charge in [-0.3, -0.25) is 4.79 Å². The minimum Gasteiger partial charge on any atom is -0.438 e. The number of carbonyl (C=O) groups excluding carboxylic acids is 1. The second kappa shape index (κ2) is 5.40. The van der Waals surface area contributed by atoms with Crippen molar-refractivity contribution in [2.24, 2.45) is 5.92 Å². The Kier molecular flexibility index (Phi) is 3.16. The number of aromatic amines is 1. The van der Waals surface area contributed by atoms with Crippen molar-refractivity contribution >= 4 is 17.0 Å². The highest BCUT2D eigenvalue weighted by Gasteiger charge is 2.39. The Balaban J connectivity index is 1.58. The van der Waals surface area contributed by atoms with Crippen molar-refractivity contribution in [3.05, 3.63) is 47.6 Å². The molecule has 2 aliphatic rings. The molecule has 7 heteroatoms. The van der Waals surface area contributed by atoms with Crippen molar-refractivity contribution in [1.82, 2.24) is 19.9 Å². The van der Waals surface area contributed by atoms with E-state index >= 15 is 0 Å². The normalized spacial score (nSPS) is 20.0. The van der Waals surface area contributed by atoms with Crippen LogP contribution in [0.3, 0.4) is 0 Å². The van der Waals surface area contributed by atoms with Crippen LogP contribution in [0, 0.1) is 11.7 Å². The fourth-order valence-corrected chi connectivity index (χ4v) is 3.52. The number of benzene rings is 1. The van der Waals surface area contributed by atoms with Crippen LogP contribution in [0.25, 0.3) is 11.1 Å². The van der Waals surface area contributed by atoms with Gasteiger partial charge in [0.15, 0.2) is 11.6 Å². The van der Waals surface area contributed by atoms with Crippen molar-refractivity contribution in [3.63, 3.8) is 0 Å². The Labute approximate surface area is 143 Å². The van der Waals surface area contributed by atoms with Crippen molar-refractivity contribution < 1.29 is 13.6 Å². The summed E-state index contributed by atoms with van der Waals surface area (Å²) in [5, 5.41) is 0. The zero-order valence-electron chi connectivity index (χ0n) is 13.5. The van der Waals surface area contributed by atoms with Gasteiger partial charge >= 0.3 is 0 Å². The van der Waals surface area contributed by atoms with E-state index in [2.05, 4.69) is 15.0 Å². The second-order valence-electron chi connectivity index (χ2n) is 6.82. The molecule has 1 N–H and O–H groups in total. The number of rotatable bonds is 3. The van der Waals surface area contributed by atoms with E-state index in [1.165, 1.54) is 12.1 Å². The van der Waals surface area contributed by atoms with E-state index in [4.69, 9.17) is 4.42 Å². The quantitative estimate of drug-likeness (QED) is 0.795. The number of imidazole rings is 1. The number of nitrogens with one attached hydrogen (secondary N) is 1. The Bertz CT molecular complexity index is 959. The minimum atomic E-state index is -0.461. The molecule has 0 spiro atoms. The zero-order valence-corrected chi connectivity index (χ0v) is 13.5. The van der Waals surface area contributed by atoms with Gasteiger partial charge in [-0.1, -0.05) is 0 Å². The van der Waals surface area contributed by atoms with Crippen molar-refractivity contribution in [1.29, 1.82) is 0 Å². The number of carbonyl (C=O) groups is 1. The third-order valence-electron chi connectivity index (χ3n) is 5.01. The maximum atomic E-state index is 13.5. The molecule has 1 amide bonds. The molecule has 2 aromatic heterocycles. The number of oxazole rings is 1. The first-order valence-corrected chi connectivity index (χ1v) is 8.56. The highest BCUT2D eigenvalue weighted by atomic mass is 19.1. The summed E-state index contributed by atoms with van der Waals surface area (Å²) < 4.78 is 19.3. The molecule has 3 heterocycles. The molecule has 0 unspecified atom stereocenters. The Morgan fingerprint density at radius 1 is 1.40 bits per heavy atom. The zero-order chi connectivity index (χ0) is 17.0. The summed E-state index contributed by atoms with van der Waals surface area (Å²) in [5.41, 5.74) is 2.72. The molecule has 6 nitrogen and oxygen atoms in total. The maximum absolute atomic E-state index is 13.5. The van der Waals surface area contributed by atoms with E-state index in [-0.39, 0.29) is 11.7 Å². The van der Waals surface area contributed by atoms with E-state index < -0.39 is 6.04 Å². The standard InChI is InChI=1S/C18H17FN4O2/c19-11-3-4-14-13(8-11)22-18(25-14)17-16-12(20-9-21-16)5-6-23(17)15(24)7-10-1-2-10/h3-4,8-10,17H,1-2,5-7H2,(H,20,21)/t17-/m0/s1. The molecule has 1 aliphatic carbocycles. The molecule has 0 saturated heterocycles. The average molecular weight is 340 g/mol. The molecular weight excluding hydrogens is 323 g/mol. The van der Waals surface area contributed by atoms with E-state index in [9.17, 15) is 9.18 Å². The summed E-state index contributed by atoms with van der Waals surface area (Å²) in [6, 6.07) is 3.78. The first-order valence-electron chi connectivity index (χ1n) is 8.56. The predicted octanol–water partition coefficient (Wildman–Crippen LogP) is 2.96. The van der Waals surface area contributed by atoms with Gasteiger partial charge in [0.1, 0.15) is 11.3 Å². The van der Waals surface area contributed by atoms with Gasteiger partial charge in [0.05, 0.1) is 12.0 Å². The molecule has 0 radical (unpaired) electrons. The predicted molar refractivity (Wildman–Crippen MR) is 87.2 cm³/mol. The molecule has 3 aromatic rings. The fraction of sp³-hybridized carbons (Fsp3) is 0.389. The molecule has 1 aliphatic heterocycles. The van der Waals surface area contributed by atoms with Gasteiger partial charge in [0, 0.05) is 31.1 Å². The summed E-state index contributed by atoms with van der Waals surface area (Å²) in [4.78, 5) is 26.6. The summed E-state index contributed by atoms with van der Waals surface area (Å²) in [6.07, 6.45) is 5.18. The molecule has 25 heavy (non-hydrogen) atoms. The van der Waals surface area contributed by atoms with Crippen LogP contribution in [0.4, 0.5) is 4.39 Å². The lowest BCUT2D eigenvalue weighted by molar-refractivity contribution is -0.134. The molecule has 1 saturated carbocycles. The van der Waals surface area contributed by atoms with E-state index in [0.29, 0.717) is 35.9 Å². The monoisotopic (exact) mass is 340 g/mol. The van der Waals surface area contributed by atoms with Crippen LogP contribution in [0.5, 0.6) is 0 Å². The molecule has 1 fully saturated rings. The SMILES string of the molecule is O=C(CC1CC1)N1CCc2[nH]cnc2[C@H]1c1nc2cc(F)ccc2o1. The van der Waals surface area contributed by atoms with Crippen LogP contribution in [0.15, 0.2) is 28.9 Å². The number of H-pyrrole nitrogens is 1. The van der Waals surface area contributed by atoms with Gasteiger partial charge in [0.25, 0.3) is 0 Å². The van der Waals surface area contributed by atoms with Crippen molar-refractivity contribution in [2.75, 3.05) is 6.54 Å². The lowest BCUT2D eigenvalue weighted by Crippen LogP contribution is -2.41. The summed E-state index contributed by atoms with van der Waals surface area (Å²) in [6.45, 7) is 0.596. The Morgan fingerprint density at radius 3 is 3.12 bits per heavy atom. The summed E-state index contributed by atoms with van der Waals surface area (Å²) in [5.74, 6) is 0.636. The molecule has 0 bridgehead atoms. The number of amides is 1. The smallest absolute Gasteiger partial charge is 0.224 e. The molecular formula is C18H17FN4O2. The number of halogens is 1. The third-order valence-corrected chi connectivity index (χ3v) is 5.01. The third kappa shape index (κ3) is 2.50. The highest BCUT2D eigenvalue weighted by molar-refractivity contribution is 5.78. The molecule has 1 atom stereocenters. The van der Waals surface area contributed by atoms with E-state index in [0.717, 1.165) is 30.7 Å². The summed E-state index contributed by atoms with van der Waals surface area (Å²) >= 11 is 0. The number of hydrogen-bond donors (Lipinski definition) is 1. The highest BCUT2D eigenvalue weighted by Crippen LogP contribution is 2.38. The van der Waals surface area contributed by atoms with Crippen LogP contribution in [-0.2, 0) is 11.2 Å². The largest absolute Gasteiger partial charge is 0.438 e. The number of aromatic nitrogens is 3. The van der Waals surface area contributed by atoms with E-state index in [1.54, 1.807) is 12.4 Å². The van der Waals surface area contributed by atoms with Crippen LogP contribution < -0.4 is 0 Å². The van der Waals surface area contributed by atoms with E-state index in [1.807, 2.05) is 4.90 Å². The fourth-order valence-electron chi connectivity index (χ4n) is 3.52. The molecule has 5 rings (SSSR count). The number of fused-ring (bicyclic) bond motifs is 2. The Morgan fingerprint density at radius 2 is 2.28 bits per heavy atom. The van der Waals surface area contributed by atoms with Crippen molar-refractivity contribution in [3.8, 4) is 0 Å². The lowest BCUT2D eigenvalue weighted by atomic mass is 10.0. The van der Waals surface area contributed by atoms with Gasteiger partial charge in [-0.25, -0.2) is 14.4 Å². The van der Waals surface area contributed by atoms with Crippen LogP contribution in [0.2, 0.25) is 0 Å². The van der Waals surface area contributed by atoms with Crippen LogP contribution in [0.1, 0.15) is 42.6 Å². The van der Waals surface area contributed by atoms with Crippen LogP contribution >= 0.6 is 0 Å². The van der Waals surface area contributed by atoms with Gasteiger partial charge in [0.2, 0.25) is 11.8 Å².